The first kappa shape index (κ1) is 15.9. The minimum Gasteiger partial charge on any atom is -0.464 e. The second-order valence-corrected chi connectivity index (χ2v) is 5.24. The molecule has 0 N–H and O–H groups in total. The lowest BCUT2D eigenvalue weighted by Crippen LogP contribution is -2.37. The highest BCUT2D eigenvalue weighted by molar-refractivity contribution is 6.31. The molecular formula is C14H15ClF3NO2. The Bertz CT molecular complexity index is 533. The average molecular weight is 322 g/mol. The Morgan fingerprint density at radius 2 is 2.14 bits per heavy atom. The van der Waals surface area contributed by atoms with E-state index in [1.165, 1.54) is 6.07 Å². The molecule has 0 aliphatic carbocycles. The van der Waals surface area contributed by atoms with E-state index in [0.29, 0.717) is 18.7 Å². The molecule has 1 atom stereocenters. The largest absolute Gasteiger partial charge is 0.464 e. The van der Waals surface area contributed by atoms with Crippen LogP contribution in [0.4, 0.5) is 18.9 Å². The molecule has 21 heavy (non-hydrogen) atoms. The van der Waals surface area contributed by atoms with Crippen LogP contribution in [0.5, 0.6) is 0 Å². The molecule has 1 fully saturated rings. The van der Waals surface area contributed by atoms with E-state index in [0.717, 1.165) is 18.6 Å². The van der Waals surface area contributed by atoms with Gasteiger partial charge >= 0.3 is 12.1 Å². The first-order chi connectivity index (χ1) is 9.82. The average Bonchev–Trinajstić information content (AvgIpc) is 2.86. The predicted octanol–water partition coefficient (Wildman–Crippen LogP) is 3.89. The van der Waals surface area contributed by atoms with Crippen molar-refractivity contribution in [2.45, 2.75) is 32.0 Å². The minimum atomic E-state index is -4.47. The molecule has 0 spiro atoms. The van der Waals surface area contributed by atoms with E-state index in [1.807, 2.05) is 0 Å². The number of hydrogen-bond donors (Lipinski definition) is 0. The predicted molar refractivity (Wildman–Crippen MR) is 73.5 cm³/mol. The number of alkyl halides is 3. The maximum absolute atomic E-state index is 12.8. The number of benzene rings is 1. The number of carbonyl (C=O) groups excluding carboxylic acids is 1. The van der Waals surface area contributed by atoms with Crippen LogP contribution in [0.15, 0.2) is 18.2 Å². The summed E-state index contributed by atoms with van der Waals surface area (Å²) in [6.45, 7) is 2.44. The van der Waals surface area contributed by atoms with Crippen molar-refractivity contribution >= 4 is 23.3 Å². The normalized spacial score (nSPS) is 18.9. The van der Waals surface area contributed by atoms with Gasteiger partial charge in [-0.1, -0.05) is 11.6 Å². The fourth-order valence-corrected chi connectivity index (χ4v) is 2.69. The molecule has 0 bridgehead atoms. The summed E-state index contributed by atoms with van der Waals surface area (Å²) >= 11 is 5.78. The molecule has 1 aliphatic heterocycles. The van der Waals surface area contributed by atoms with Crippen LogP contribution in [0.3, 0.4) is 0 Å². The van der Waals surface area contributed by atoms with Gasteiger partial charge in [0.2, 0.25) is 0 Å². The molecule has 0 radical (unpaired) electrons. The molecule has 0 saturated carbocycles. The number of halogens is 4. The summed E-state index contributed by atoms with van der Waals surface area (Å²) in [5.41, 5.74) is -0.523. The van der Waals surface area contributed by atoms with Gasteiger partial charge in [-0.15, -0.1) is 0 Å². The van der Waals surface area contributed by atoms with Crippen molar-refractivity contribution in [2.75, 3.05) is 18.1 Å². The van der Waals surface area contributed by atoms with Crippen LogP contribution < -0.4 is 4.90 Å². The molecule has 7 heteroatoms. The Morgan fingerprint density at radius 3 is 2.76 bits per heavy atom. The molecular weight excluding hydrogens is 307 g/mol. The highest BCUT2D eigenvalue weighted by Gasteiger charge is 2.35. The summed E-state index contributed by atoms with van der Waals surface area (Å²) in [4.78, 5) is 13.5. The zero-order valence-corrected chi connectivity index (χ0v) is 12.2. The summed E-state index contributed by atoms with van der Waals surface area (Å²) in [6, 6.07) is 2.78. The van der Waals surface area contributed by atoms with Crippen molar-refractivity contribution in [1.29, 1.82) is 0 Å². The Balaban J connectivity index is 2.32. The van der Waals surface area contributed by atoms with Gasteiger partial charge in [0.15, 0.2) is 0 Å². The zero-order chi connectivity index (χ0) is 15.6. The SMILES string of the molecule is CCOC(=O)C1CCCN1c1cc(Cl)cc(C(F)(F)F)c1. The van der Waals surface area contributed by atoms with Crippen LogP contribution in [0.1, 0.15) is 25.3 Å². The van der Waals surface area contributed by atoms with Crippen LogP contribution >= 0.6 is 11.6 Å². The number of carbonyl (C=O) groups is 1. The number of esters is 1. The third kappa shape index (κ3) is 3.61. The number of hydrogen-bond acceptors (Lipinski definition) is 3. The standard InChI is InChI=1S/C14H15ClF3NO2/c1-2-21-13(20)12-4-3-5-19(12)11-7-9(14(16,17)18)6-10(15)8-11/h6-8,12H,2-5H2,1H3. The van der Waals surface area contributed by atoms with E-state index >= 15 is 0 Å². The van der Waals surface area contributed by atoms with Gasteiger partial charge in [-0.25, -0.2) is 4.79 Å². The smallest absolute Gasteiger partial charge is 0.416 e. The van der Waals surface area contributed by atoms with Gasteiger partial charge in [0.05, 0.1) is 12.2 Å². The summed E-state index contributed by atoms with van der Waals surface area (Å²) in [7, 11) is 0. The molecule has 1 unspecified atom stereocenters. The van der Waals surface area contributed by atoms with Crippen molar-refractivity contribution in [3.63, 3.8) is 0 Å². The first-order valence-corrected chi connectivity index (χ1v) is 7.01. The van der Waals surface area contributed by atoms with Crippen molar-refractivity contribution < 1.29 is 22.7 Å². The summed E-state index contributed by atoms with van der Waals surface area (Å²) < 4.78 is 43.5. The summed E-state index contributed by atoms with van der Waals surface area (Å²) in [5.74, 6) is -0.413. The molecule has 2 rings (SSSR count). The fraction of sp³-hybridized carbons (Fsp3) is 0.500. The van der Waals surface area contributed by atoms with Crippen molar-refractivity contribution in [3.05, 3.63) is 28.8 Å². The second-order valence-electron chi connectivity index (χ2n) is 4.80. The number of anilines is 1. The molecule has 0 amide bonds. The fourth-order valence-electron chi connectivity index (χ4n) is 2.46. The lowest BCUT2D eigenvalue weighted by molar-refractivity contribution is -0.144. The van der Waals surface area contributed by atoms with Gasteiger partial charge in [0.25, 0.3) is 0 Å². The molecule has 1 saturated heterocycles. The van der Waals surface area contributed by atoms with Crippen LogP contribution in [-0.2, 0) is 15.7 Å². The molecule has 116 valence electrons. The van der Waals surface area contributed by atoms with Crippen molar-refractivity contribution in [1.82, 2.24) is 0 Å². The van der Waals surface area contributed by atoms with E-state index in [1.54, 1.807) is 11.8 Å². The maximum Gasteiger partial charge on any atom is 0.416 e. The van der Waals surface area contributed by atoms with Gasteiger partial charge < -0.3 is 9.64 Å². The number of ether oxygens (including phenoxy) is 1. The van der Waals surface area contributed by atoms with E-state index in [4.69, 9.17) is 16.3 Å². The molecule has 1 aromatic carbocycles. The summed E-state index contributed by atoms with van der Waals surface area (Å²) in [5, 5.41) is -0.00525. The third-order valence-electron chi connectivity index (χ3n) is 3.35. The first-order valence-electron chi connectivity index (χ1n) is 6.64. The molecule has 0 aromatic heterocycles. The third-order valence-corrected chi connectivity index (χ3v) is 3.57. The molecule has 3 nitrogen and oxygen atoms in total. The highest BCUT2D eigenvalue weighted by Crippen LogP contribution is 2.36. The quantitative estimate of drug-likeness (QED) is 0.791. The van der Waals surface area contributed by atoms with Gasteiger partial charge in [-0.3, -0.25) is 0 Å². The zero-order valence-electron chi connectivity index (χ0n) is 11.4. The van der Waals surface area contributed by atoms with E-state index in [-0.39, 0.29) is 11.6 Å². The topological polar surface area (TPSA) is 29.5 Å². The molecule has 1 aliphatic rings. The number of nitrogens with zero attached hydrogens (tertiary/aromatic N) is 1. The lowest BCUT2D eigenvalue weighted by atomic mass is 10.1. The van der Waals surface area contributed by atoms with Gasteiger partial charge in [-0.2, -0.15) is 13.2 Å². The second kappa shape index (κ2) is 6.13. The van der Waals surface area contributed by atoms with E-state index in [9.17, 15) is 18.0 Å². The Labute approximate surface area is 125 Å². The Kier molecular flexibility index (Phi) is 4.66. The lowest BCUT2D eigenvalue weighted by Gasteiger charge is -2.26. The Morgan fingerprint density at radius 1 is 1.43 bits per heavy atom. The van der Waals surface area contributed by atoms with Crippen molar-refractivity contribution in [3.8, 4) is 0 Å². The Hall–Kier alpha value is -1.43. The van der Waals surface area contributed by atoms with Gasteiger partial charge in [0, 0.05) is 17.3 Å². The van der Waals surface area contributed by atoms with E-state index < -0.39 is 23.8 Å². The van der Waals surface area contributed by atoms with Gasteiger partial charge in [0.1, 0.15) is 6.04 Å². The van der Waals surface area contributed by atoms with E-state index in [2.05, 4.69) is 0 Å². The van der Waals surface area contributed by atoms with Crippen LogP contribution in [-0.4, -0.2) is 25.2 Å². The van der Waals surface area contributed by atoms with Crippen LogP contribution in [0, 0.1) is 0 Å². The number of rotatable bonds is 3. The monoisotopic (exact) mass is 321 g/mol. The molecule has 1 heterocycles. The van der Waals surface area contributed by atoms with Gasteiger partial charge in [-0.05, 0) is 38.0 Å². The summed E-state index contributed by atoms with van der Waals surface area (Å²) in [6.07, 6.45) is -3.19. The van der Waals surface area contributed by atoms with Crippen LogP contribution in [0.25, 0.3) is 0 Å². The minimum absolute atomic E-state index is 0.00525. The molecule has 1 aromatic rings. The van der Waals surface area contributed by atoms with Crippen LogP contribution in [0.2, 0.25) is 5.02 Å². The van der Waals surface area contributed by atoms with Crippen molar-refractivity contribution in [2.24, 2.45) is 0 Å². The highest BCUT2D eigenvalue weighted by atomic mass is 35.5. The maximum atomic E-state index is 12.8.